The van der Waals surface area contributed by atoms with Gasteiger partial charge in [-0.2, -0.15) is 13.2 Å². The van der Waals surface area contributed by atoms with E-state index in [1.54, 1.807) is 0 Å². The predicted octanol–water partition coefficient (Wildman–Crippen LogP) is 4.23. The van der Waals surface area contributed by atoms with Crippen LogP contribution < -0.4 is 15.8 Å². The van der Waals surface area contributed by atoms with Gasteiger partial charge in [-0.15, -0.1) is 0 Å². The summed E-state index contributed by atoms with van der Waals surface area (Å²) < 4.78 is 43.8. The molecule has 0 heterocycles. The van der Waals surface area contributed by atoms with Crippen LogP contribution in [0.3, 0.4) is 0 Å². The average molecular weight is 447 g/mol. The van der Waals surface area contributed by atoms with Crippen LogP contribution in [-0.4, -0.2) is 35.5 Å². The monoisotopic (exact) mass is 446 g/mol. The van der Waals surface area contributed by atoms with Crippen LogP contribution in [0, 0.1) is 10.1 Å². The Morgan fingerprint density at radius 2 is 1.87 bits per heavy atom. The predicted molar refractivity (Wildman–Crippen MR) is 105 cm³/mol. The number of nitrogens with zero attached hydrogens (tertiary/aromatic N) is 2. The molecule has 3 N–H and O–H groups in total. The molecule has 0 radical (unpaired) electrons. The van der Waals surface area contributed by atoms with Gasteiger partial charge in [0.15, 0.2) is 5.66 Å². The second kappa shape index (κ2) is 8.36. The normalized spacial score (nSPS) is 13.3. The highest BCUT2D eigenvalue weighted by atomic mass is 35.5. The molecule has 0 aliphatic carbocycles. The number of nitrogens with one attached hydrogen (secondary N) is 1. The Balaban J connectivity index is 2.39. The minimum atomic E-state index is -4.57. The number of anilines is 1. The number of carbonyl (C=O) groups excluding carboxylic acids is 1. The first-order valence-electron chi connectivity index (χ1n) is 8.34. The molecule has 0 spiro atoms. The number of likely N-dealkylation sites (N-methyl/N-ethyl adjacent to an activating group) is 1. The fourth-order valence-electron chi connectivity index (χ4n) is 2.52. The summed E-state index contributed by atoms with van der Waals surface area (Å²) in [6.45, 7) is 1.33. The minimum Gasteiger partial charge on any atom is -0.456 e. The van der Waals surface area contributed by atoms with Crippen molar-refractivity contribution in [2.75, 3.05) is 19.4 Å². The first-order chi connectivity index (χ1) is 13.7. The van der Waals surface area contributed by atoms with Gasteiger partial charge in [-0.25, -0.2) is 0 Å². The Kier molecular flexibility index (Phi) is 6.48. The lowest BCUT2D eigenvalue weighted by atomic mass is 10.1. The van der Waals surface area contributed by atoms with Crippen LogP contribution in [0.25, 0.3) is 0 Å². The average Bonchev–Trinajstić information content (AvgIpc) is 2.61. The number of carbonyl (C=O) groups is 1. The molecular formula is C18H18ClF3N4O4. The zero-order valence-corrected chi connectivity index (χ0v) is 16.8. The third kappa shape index (κ3) is 5.30. The lowest BCUT2D eigenvalue weighted by Gasteiger charge is -2.28. The number of nitro groups is 1. The lowest BCUT2D eigenvalue weighted by Crippen LogP contribution is -2.56. The second-order valence-electron chi connectivity index (χ2n) is 6.71. The van der Waals surface area contributed by atoms with Crippen molar-refractivity contribution >= 4 is 28.9 Å². The summed E-state index contributed by atoms with van der Waals surface area (Å²) in [5, 5.41) is 13.6. The highest BCUT2D eigenvalue weighted by Gasteiger charge is 2.33. The van der Waals surface area contributed by atoms with E-state index in [4.69, 9.17) is 22.1 Å². The van der Waals surface area contributed by atoms with Gasteiger partial charge in [-0.3, -0.25) is 14.9 Å². The molecule has 1 unspecified atom stereocenters. The molecule has 0 aliphatic heterocycles. The topological polar surface area (TPSA) is 111 Å². The van der Waals surface area contributed by atoms with Gasteiger partial charge < -0.3 is 20.7 Å². The van der Waals surface area contributed by atoms with Gasteiger partial charge in [0.05, 0.1) is 15.5 Å². The number of rotatable bonds is 6. The Hall–Kier alpha value is -3.05. The summed E-state index contributed by atoms with van der Waals surface area (Å²) in [5.41, 5.74) is 2.81. The van der Waals surface area contributed by atoms with Crippen molar-refractivity contribution in [3.05, 3.63) is 57.1 Å². The zero-order valence-electron chi connectivity index (χ0n) is 16.1. The molecule has 1 atom stereocenters. The third-order valence-corrected chi connectivity index (χ3v) is 4.19. The second-order valence-corrected chi connectivity index (χ2v) is 7.12. The van der Waals surface area contributed by atoms with E-state index in [2.05, 4.69) is 5.32 Å². The quantitative estimate of drug-likeness (QED) is 0.390. The Bertz CT molecular complexity index is 980. The SMILES string of the molecule is CN(C)C(=O)C(C)(N)Nc1cc(Oc2ccc(C(F)(F)F)cc2Cl)ccc1[N+](=O)[O-]. The van der Waals surface area contributed by atoms with E-state index < -0.39 is 28.2 Å². The van der Waals surface area contributed by atoms with Crippen LogP contribution in [-0.2, 0) is 11.0 Å². The van der Waals surface area contributed by atoms with Gasteiger partial charge >= 0.3 is 6.18 Å². The summed E-state index contributed by atoms with van der Waals surface area (Å²) in [5.74, 6) is -0.615. The van der Waals surface area contributed by atoms with E-state index in [9.17, 15) is 28.1 Å². The van der Waals surface area contributed by atoms with Gasteiger partial charge in [-0.05, 0) is 31.2 Å². The van der Waals surface area contributed by atoms with Crippen LogP contribution in [0.15, 0.2) is 36.4 Å². The van der Waals surface area contributed by atoms with Crippen LogP contribution in [0.5, 0.6) is 11.5 Å². The molecule has 8 nitrogen and oxygen atoms in total. The van der Waals surface area contributed by atoms with Crippen LogP contribution in [0.4, 0.5) is 24.5 Å². The molecular weight excluding hydrogens is 429 g/mol. The van der Waals surface area contributed by atoms with Crippen LogP contribution in [0.1, 0.15) is 12.5 Å². The summed E-state index contributed by atoms with van der Waals surface area (Å²) in [6, 6.07) is 6.06. The summed E-state index contributed by atoms with van der Waals surface area (Å²) >= 11 is 5.87. The lowest BCUT2D eigenvalue weighted by molar-refractivity contribution is -0.384. The highest BCUT2D eigenvalue weighted by Crippen LogP contribution is 2.38. The number of hydrogen-bond donors (Lipinski definition) is 2. The summed E-state index contributed by atoms with van der Waals surface area (Å²) in [4.78, 5) is 24.1. The smallest absolute Gasteiger partial charge is 0.416 e. The molecule has 0 saturated heterocycles. The first-order valence-corrected chi connectivity index (χ1v) is 8.72. The number of nitro benzene ring substituents is 1. The molecule has 1 amide bonds. The number of nitrogens with two attached hydrogens (primary N) is 1. The largest absolute Gasteiger partial charge is 0.456 e. The van der Waals surface area contributed by atoms with Crippen molar-refractivity contribution in [3.63, 3.8) is 0 Å². The maximum atomic E-state index is 12.8. The molecule has 12 heteroatoms. The number of hydrogen-bond acceptors (Lipinski definition) is 6. The van der Waals surface area contributed by atoms with E-state index in [1.165, 1.54) is 38.1 Å². The molecule has 30 heavy (non-hydrogen) atoms. The van der Waals surface area contributed by atoms with Crippen molar-refractivity contribution in [2.45, 2.75) is 18.8 Å². The summed E-state index contributed by atoms with van der Waals surface area (Å²) in [7, 11) is 2.94. The van der Waals surface area contributed by atoms with Crippen LogP contribution >= 0.6 is 11.6 Å². The molecule has 162 valence electrons. The third-order valence-electron chi connectivity index (χ3n) is 3.90. The van der Waals surface area contributed by atoms with E-state index in [0.29, 0.717) is 6.07 Å². The Morgan fingerprint density at radius 3 is 2.37 bits per heavy atom. The maximum Gasteiger partial charge on any atom is 0.416 e. The van der Waals surface area contributed by atoms with Crippen molar-refractivity contribution in [1.82, 2.24) is 4.90 Å². The Labute approximate surface area is 174 Å². The number of alkyl halides is 3. The molecule has 0 fully saturated rings. The molecule has 0 aliphatic rings. The number of amides is 1. The van der Waals surface area contributed by atoms with E-state index in [0.717, 1.165) is 18.2 Å². The maximum absolute atomic E-state index is 12.8. The molecule has 2 aromatic carbocycles. The Morgan fingerprint density at radius 1 is 1.23 bits per heavy atom. The molecule has 0 saturated carbocycles. The fourth-order valence-corrected chi connectivity index (χ4v) is 2.74. The van der Waals surface area contributed by atoms with Crippen molar-refractivity contribution in [3.8, 4) is 11.5 Å². The van der Waals surface area contributed by atoms with Crippen LogP contribution in [0.2, 0.25) is 5.02 Å². The van der Waals surface area contributed by atoms with E-state index >= 15 is 0 Å². The zero-order chi connectivity index (χ0) is 22.9. The van der Waals surface area contributed by atoms with Crippen molar-refractivity contribution in [2.24, 2.45) is 5.73 Å². The number of halogens is 4. The summed E-state index contributed by atoms with van der Waals surface area (Å²) in [6.07, 6.45) is -4.57. The van der Waals surface area contributed by atoms with Gasteiger partial charge in [0.1, 0.15) is 17.2 Å². The standard InChI is InChI=1S/C18H18ClF3N4O4/c1-17(23,16(27)25(2)3)24-13-9-11(5-6-14(13)26(28)29)30-15-7-4-10(8-12(15)19)18(20,21)22/h4-9,24H,23H2,1-3H3. The van der Waals surface area contributed by atoms with Crippen molar-refractivity contribution < 1.29 is 27.6 Å². The van der Waals surface area contributed by atoms with Gasteiger partial charge in [-0.1, -0.05) is 11.6 Å². The molecule has 2 aromatic rings. The molecule has 0 bridgehead atoms. The molecule has 2 rings (SSSR count). The van der Waals surface area contributed by atoms with Gasteiger partial charge in [0.2, 0.25) is 0 Å². The van der Waals surface area contributed by atoms with Gasteiger partial charge in [0.25, 0.3) is 11.6 Å². The number of ether oxygens (including phenoxy) is 1. The van der Waals surface area contributed by atoms with E-state index in [-0.39, 0.29) is 27.9 Å². The molecule has 0 aromatic heterocycles. The van der Waals surface area contributed by atoms with Gasteiger partial charge in [0, 0.05) is 26.2 Å². The first kappa shape index (κ1) is 23.2. The van der Waals surface area contributed by atoms with Crippen molar-refractivity contribution in [1.29, 1.82) is 0 Å². The van der Waals surface area contributed by atoms with E-state index in [1.807, 2.05) is 0 Å². The minimum absolute atomic E-state index is 0.0258. The fraction of sp³-hybridized carbons (Fsp3) is 0.278. The number of benzene rings is 2. The highest BCUT2D eigenvalue weighted by molar-refractivity contribution is 6.32.